The van der Waals surface area contributed by atoms with E-state index < -0.39 is 0 Å². The number of hydrogen-bond acceptors (Lipinski definition) is 5. The molecule has 142 valence electrons. The molecule has 2 aromatic heterocycles. The Morgan fingerprint density at radius 2 is 2.14 bits per heavy atom. The Hall–Kier alpha value is -3.48. The molecule has 3 heterocycles. The molecule has 1 amide bonds. The van der Waals surface area contributed by atoms with Crippen molar-refractivity contribution in [1.29, 1.82) is 0 Å². The first-order valence-corrected chi connectivity index (χ1v) is 9.03. The molecule has 0 fully saturated rings. The summed E-state index contributed by atoms with van der Waals surface area (Å²) in [6.45, 7) is 2.67. The van der Waals surface area contributed by atoms with Crippen LogP contribution < -0.4 is 10.3 Å². The monoisotopic (exact) mass is 376 g/mol. The van der Waals surface area contributed by atoms with E-state index in [9.17, 15) is 9.59 Å². The lowest BCUT2D eigenvalue weighted by Crippen LogP contribution is -2.39. The van der Waals surface area contributed by atoms with Crippen molar-refractivity contribution in [3.05, 3.63) is 75.5 Å². The van der Waals surface area contributed by atoms with E-state index in [1.54, 1.807) is 42.6 Å². The van der Waals surface area contributed by atoms with Crippen molar-refractivity contribution in [1.82, 2.24) is 19.9 Å². The minimum Gasteiger partial charge on any atom is -0.497 e. The molecule has 1 aliphatic rings. The summed E-state index contributed by atoms with van der Waals surface area (Å²) in [7, 11) is 1.60. The first-order chi connectivity index (χ1) is 13.6. The van der Waals surface area contributed by atoms with Gasteiger partial charge in [0.05, 0.1) is 19.3 Å². The number of aryl methyl sites for hydroxylation is 1. The third-order valence-corrected chi connectivity index (χ3v) is 4.96. The highest BCUT2D eigenvalue weighted by atomic mass is 16.5. The van der Waals surface area contributed by atoms with Crippen LogP contribution in [0.5, 0.6) is 5.75 Å². The van der Waals surface area contributed by atoms with E-state index in [1.807, 2.05) is 19.1 Å². The van der Waals surface area contributed by atoms with E-state index in [2.05, 4.69) is 15.0 Å². The fourth-order valence-electron chi connectivity index (χ4n) is 3.43. The second-order valence-corrected chi connectivity index (χ2v) is 6.74. The maximum absolute atomic E-state index is 13.0. The van der Waals surface area contributed by atoms with Crippen molar-refractivity contribution in [2.24, 2.45) is 0 Å². The largest absolute Gasteiger partial charge is 0.497 e. The van der Waals surface area contributed by atoms with Crippen molar-refractivity contribution in [2.45, 2.75) is 19.9 Å². The van der Waals surface area contributed by atoms with Crippen LogP contribution in [0.1, 0.15) is 27.2 Å². The molecule has 7 heteroatoms. The lowest BCUT2D eigenvalue weighted by atomic mass is 10.0. The molecule has 0 bridgehead atoms. The number of pyridine rings is 1. The Balaban J connectivity index is 1.65. The summed E-state index contributed by atoms with van der Waals surface area (Å²) in [5, 5.41) is 0. The fourth-order valence-corrected chi connectivity index (χ4v) is 3.43. The van der Waals surface area contributed by atoms with Crippen LogP contribution in [-0.4, -0.2) is 39.4 Å². The Morgan fingerprint density at radius 3 is 2.86 bits per heavy atom. The maximum atomic E-state index is 13.0. The van der Waals surface area contributed by atoms with Crippen LogP contribution >= 0.6 is 0 Å². The van der Waals surface area contributed by atoms with Crippen LogP contribution in [0.25, 0.3) is 11.4 Å². The molecule has 0 aliphatic carbocycles. The molecule has 4 rings (SSSR count). The van der Waals surface area contributed by atoms with Crippen LogP contribution in [0.4, 0.5) is 0 Å². The number of hydrogen-bond donors (Lipinski definition) is 1. The van der Waals surface area contributed by atoms with Gasteiger partial charge in [0, 0.05) is 35.6 Å². The second kappa shape index (κ2) is 7.26. The number of nitrogens with zero attached hydrogens (tertiary/aromatic N) is 3. The normalized spacial score (nSPS) is 13.1. The summed E-state index contributed by atoms with van der Waals surface area (Å²) in [5.74, 6) is 1.11. The van der Waals surface area contributed by atoms with Gasteiger partial charge in [0.2, 0.25) is 0 Å². The molecule has 28 heavy (non-hydrogen) atoms. The number of aromatic amines is 1. The number of nitrogens with one attached hydrogen (secondary N) is 1. The zero-order valence-corrected chi connectivity index (χ0v) is 15.7. The zero-order chi connectivity index (χ0) is 19.7. The molecular weight excluding hydrogens is 356 g/mol. The average molecular weight is 376 g/mol. The molecule has 0 spiro atoms. The number of carbonyl (C=O) groups is 1. The van der Waals surface area contributed by atoms with Gasteiger partial charge in [-0.05, 0) is 49.2 Å². The minimum absolute atomic E-state index is 0.0733. The predicted octanol–water partition coefficient (Wildman–Crippen LogP) is 2.35. The number of amides is 1. The van der Waals surface area contributed by atoms with Gasteiger partial charge in [0.15, 0.2) is 0 Å². The lowest BCUT2D eigenvalue weighted by Gasteiger charge is -2.28. The summed E-state index contributed by atoms with van der Waals surface area (Å²) in [4.78, 5) is 38.8. The SMILES string of the molecule is COc1ccc(C(=O)N2CCc3c(nc(-c4cccnc4)[nH]c3=O)C2)c(C)c1. The highest BCUT2D eigenvalue weighted by Gasteiger charge is 2.26. The van der Waals surface area contributed by atoms with Gasteiger partial charge < -0.3 is 14.6 Å². The third kappa shape index (κ3) is 3.26. The Labute approximate surface area is 162 Å². The van der Waals surface area contributed by atoms with Crippen molar-refractivity contribution in [3.63, 3.8) is 0 Å². The van der Waals surface area contributed by atoms with E-state index >= 15 is 0 Å². The standard InChI is InChI=1S/C21H20N4O3/c1-13-10-15(28-2)5-6-16(13)21(27)25-9-7-17-18(12-25)23-19(24-20(17)26)14-4-3-8-22-11-14/h3-6,8,10-11H,7,9,12H2,1-2H3,(H,23,24,26). The summed E-state index contributed by atoms with van der Waals surface area (Å²) < 4.78 is 5.21. The van der Waals surface area contributed by atoms with Crippen LogP contribution in [0, 0.1) is 6.92 Å². The zero-order valence-electron chi connectivity index (χ0n) is 15.7. The summed E-state index contributed by atoms with van der Waals surface area (Å²) in [5.41, 5.74) is 3.33. The molecule has 0 radical (unpaired) electrons. The summed E-state index contributed by atoms with van der Waals surface area (Å²) in [6.07, 6.45) is 3.79. The third-order valence-electron chi connectivity index (χ3n) is 4.96. The highest BCUT2D eigenvalue weighted by molar-refractivity contribution is 5.96. The topological polar surface area (TPSA) is 88.2 Å². The molecule has 7 nitrogen and oxygen atoms in total. The Bertz CT molecular complexity index is 1090. The molecule has 0 saturated carbocycles. The van der Waals surface area contributed by atoms with Crippen LogP contribution in [0.15, 0.2) is 47.5 Å². The second-order valence-electron chi connectivity index (χ2n) is 6.74. The molecule has 0 atom stereocenters. The van der Waals surface area contributed by atoms with Crippen molar-refractivity contribution >= 4 is 5.91 Å². The molecule has 1 N–H and O–H groups in total. The highest BCUT2D eigenvalue weighted by Crippen LogP contribution is 2.22. The van der Waals surface area contributed by atoms with Crippen LogP contribution in [0.3, 0.4) is 0 Å². The van der Waals surface area contributed by atoms with Gasteiger partial charge >= 0.3 is 0 Å². The Kier molecular flexibility index (Phi) is 4.65. The van der Waals surface area contributed by atoms with E-state index in [4.69, 9.17) is 4.74 Å². The number of aromatic nitrogens is 3. The van der Waals surface area contributed by atoms with E-state index in [0.717, 1.165) is 11.1 Å². The molecule has 1 aliphatic heterocycles. The summed E-state index contributed by atoms with van der Waals surface area (Å²) >= 11 is 0. The lowest BCUT2D eigenvalue weighted by molar-refractivity contribution is 0.0730. The minimum atomic E-state index is -0.156. The number of methoxy groups -OCH3 is 1. The first-order valence-electron chi connectivity index (χ1n) is 9.03. The van der Waals surface area contributed by atoms with E-state index in [0.29, 0.717) is 47.9 Å². The summed E-state index contributed by atoms with van der Waals surface area (Å²) in [6, 6.07) is 9.02. The van der Waals surface area contributed by atoms with Crippen LogP contribution in [0.2, 0.25) is 0 Å². The fraction of sp³-hybridized carbons (Fsp3) is 0.238. The molecule has 0 unspecified atom stereocenters. The first kappa shape index (κ1) is 17.9. The number of rotatable bonds is 3. The van der Waals surface area contributed by atoms with E-state index in [-0.39, 0.29) is 11.5 Å². The van der Waals surface area contributed by atoms with Crippen molar-refractivity contribution in [3.8, 4) is 17.1 Å². The van der Waals surface area contributed by atoms with Gasteiger partial charge in [-0.25, -0.2) is 4.98 Å². The van der Waals surface area contributed by atoms with Crippen LogP contribution in [-0.2, 0) is 13.0 Å². The molecule has 0 saturated heterocycles. The quantitative estimate of drug-likeness (QED) is 0.758. The smallest absolute Gasteiger partial charge is 0.254 e. The number of carbonyl (C=O) groups excluding carboxylic acids is 1. The number of H-pyrrole nitrogens is 1. The van der Waals surface area contributed by atoms with Gasteiger partial charge in [0.1, 0.15) is 11.6 Å². The van der Waals surface area contributed by atoms with Gasteiger partial charge in [-0.2, -0.15) is 0 Å². The number of ether oxygens (including phenoxy) is 1. The van der Waals surface area contributed by atoms with Gasteiger partial charge in [-0.15, -0.1) is 0 Å². The average Bonchev–Trinajstić information content (AvgIpc) is 2.73. The predicted molar refractivity (Wildman–Crippen MR) is 104 cm³/mol. The van der Waals surface area contributed by atoms with Crippen molar-refractivity contribution in [2.75, 3.05) is 13.7 Å². The van der Waals surface area contributed by atoms with Gasteiger partial charge in [-0.3, -0.25) is 14.6 Å². The molecular formula is C21H20N4O3. The van der Waals surface area contributed by atoms with Crippen molar-refractivity contribution < 1.29 is 9.53 Å². The Morgan fingerprint density at radius 1 is 1.29 bits per heavy atom. The molecule has 3 aromatic rings. The maximum Gasteiger partial charge on any atom is 0.254 e. The van der Waals surface area contributed by atoms with Gasteiger partial charge in [0.25, 0.3) is 11.5 Å². The molecule has 1 aromatic carbocycles. The van der Waals surface area contributed by atoms with Gasteiger partial charge in [-0.1, -0.05) is 0 Å². The number of benzene rings is 1. The number of fused-ring (bicyclic) bond motifs is 1. The van der Waals surface area contributed by atoms with E-state index in [1.165, 1.54) is 0 Å².